The highest BCUT2D eigenvalue weighted by Crippen LogP contribution is 2.00. The average molecular weight is 270 g/mol. The summed E-state index contributed by atoms with van der Waals surface area (Å²) in [6.07, 6.45) is 1.45. The highest BCUT2D eigenvalue weighted by atomic mass is 19.1. The molecule has 4 nitrogen and oxygen atoms in total. The zero-order chi connectivity index (χ0) is 14.4. The highest BCUT2D eigenvalue weighted by Gasteiger charge is 2.07. The van der Waals surface area contributed by atoms with Crippen LogP contribution < -0.4 is 10.9 Å². The molecule has 0 fully saturated rings. The number of hydrogen-bond donors (Lipinski definition) is 2. The lowest BCUT2D eigenvalue weighted by Crippen LogP contribution is -2.29. The summed E-state index contributed by atoms with van der Waals surface area (Å²) in [6.45, 7) is 0.102. The number of benzene rings is 1. The van der Waals surface area contributed by atoms with E-state index in [-0.39, 0.29) is 17.9 Å². The van der Waals surface area contributed by atoms with Crippen LogP contribution in [0.2, 0.25) is 0 Å². The van der Waals surface area contributed by atoms with Crippen molar-refractivity contribution in [1.29, 1.82) is 0 Å². The number of H-pyrrole nitrogens is 1. The van der Waals surface area contributed by atoms with E-state index in [1.807, 2.05) is 0 Å². The third-order valence-electron chi connectivity index (χ3n) is 2.48. The van der Waals surface area contributed by atoms with Crippen molar-refractivity contribution in [2.24, 2.45) is 0 Å². The molecule has 1 amide bonds. The first-order valence-electron chi connectivity index (χ1n) is 5.87. The largest absolute Gasteiger partial charge is 0.341 e. The zero-order valence-corrected chi connectivity index (χ0v) is 10.4. The Balaban J connectivity index is 1.94. The monoisotopic (exact) mass is 270 g/mol. The fourth-order valence-electron chi connectivity index (χ4n) is 1.50. The van der Waals surface area contributed by atoms with Crippen molar-refractivity contribution in [3.8, 4) is 11.8 Å². The van der Waals surface area contributed by atoms with Crippen molar-refractivity contribution in [2.75, 3.05) is 6.54 Å². The predicted octanol–water partition coefficient (Wildman–Crippen LogP) is 1.30. The molecule has 0 saturated heterocycles. The first-order valence-corrected chi connectivity index (χ1v) is 5.87. The normalized spacial score (nSPS) is 9.45. The number of pyridine rings is 1. The van der Waals surface area contributed by atoms with Gasteiger partial charge >= 0.3 is 0 Å². The van der Waals surface area contributed by atoms with Gasteiger partial charge in [-0.05, 0) is 36.4 Å². The van der Waals surface area contributed by atoms with Gasteiger partial charge in [-0.1, -0.05) is 11.8 Å². The summed E-state index contributed by atoms with van der Waals surface area (Å²) in [4.78, 5) is 25.4. The van der Waals surface area contributed by atoms with E-state index >= 15 is 0 Å². The number of hydrogen-bond acceptors (Lipinski definition) is 2. The van der Waals surface area contributed by atoms with Gasteiger partial charge in [-0.2, -0.15) is 0 Å². The average Bonchev–Trinajstić information content (AvgIpc) is 2.46. The van der Waals surface area contributed by atoms with Crippen molar-refractivity contribution in [2.45, 2.75) is 0 Å². The van der Waals surface area contributed by atoms with E-state index in [0.29, 0.717) is 5.56 Å². The molecule has 2 N–H and O–H groups in total. The maximum absolute atomic E-state index is 12.7. The fourth-order valence-corrected chi connectivity index (χ4v) is 1.50. The lowest BCUT2D eigenvalue weighted by Gasteiger charge is -1.99. The van der Waals surface area contributed by atoms with Gasteiger partial charge in [-0.3, -0.25) is 9.59 Å². The summed E-state index contributed by atoms with van der Waals surface area (Å²) in [6, 6.07) is 8.72. The standard InChI is InChI=1S/C15H11FN2O2/c16-12-7-5-11(6-8-12)3-1-9-17-14(19)13-4-2-10-18-15(13)20/h2,4-8,10H,9H2,(H,17,19)(H,18,20). The number of nitrogens with one attached hydrogen (secondary N) is 2. The van der Waals surface area contributed by atoms with E-state index < -0.39 is 11.5 Å². The molecule has 0 bridgehead atoms. The summed E-state index contributed by atoms with van der Waals surface area (Å²) < 4.78 is 12.7. The Morgan fingerprint density at radius 2 is 2.00 bits per heavy atom. The minimum Gasteiger partial charge on any atom is -0.341 e. The summed E-state index contributed by atoms with van der Waals surface area (Å²) in [7, 11) is 0. The van der Waals surface area contributed by atoms with Crippen molar-refractivity contribution in [1.82, 2.24) is 10.3 Å². The lowest BCUT2D eigenvalue weighted by atomic mass is 10.2. The molecule has 0 aliphatic heterocycles. The van der Waals surface area contributed by atoms with Crippen LogP contribution in [0.1, 0.15) is 15.9 Å². The van der Waals surface area contributed by atoms with E-state index in [2.05, 4.69) is 22.1 Å². The molecule has 100 valence electrons. The molecular formula is C15H11FN2O2. The topological polar surface area (TPSA) is 62.0 Å². The van der Waals surface area contributed by atoms with Crippen LogP contribution in [0.5, 0.6) is 0 Å². The van der Waals surface area contributed by atoms with E-state index in [1.165, 1.54) is 24.4 Å². The molecule has 2 aromatic rings. The molecule has 0 spiro atoms. The summed E-state index contributed by atoms with van der Waals surface area (Å²) in [5.74, 6) is 4.69. The Labute approximate surface area is 114 Å². The predicted molar refractivity (Wildman–Crippen MR) is 72.7 cm³/mol. The molecule has 0 unspecified atom stereocenters. The van der Waals surface area contributed by atoms with Gasteiger partial charge in [0, 0.05) is 11.8 Å². The summed E-state index contributed by atoms with van der Waals surface area (Å²) in [5, 5.41) is 2.51. The van der Waals surface area contributed by atoms with Crippen molar-refractivity contribution < 1.29 is 9.18 Å². The summed E-state index contributed by atoms with van der Waals surface area (Å²) >= 11 is 0. The first kappa shape index (κ1) is 13.6. The number of carbonyl (C=O) groups is 1. The molecule has 0 saturated carbocycles. The smallest absolute Gasteiger partial charge is 0.260 e. The maximum atomic E-state index is 12.7. The Morgan fingerprint density at radius 3 is 2.70 bits per heavy atom. The number of aromatic nitrogens is 1. The first-order chi connectivity index (χ1) is 9.66. The molecule has 0 radical (unpaired) electrons. The minimum atomic E-state index is -0.486. The molecule has 1 aromatic carbocycles. The van der Waals surface area contributed by atoms with Crippen molar-refractivity contribution in [3.63, 3.8) is 0 Å². The van der Waals surface area contributed by atoms with Gasteiger partial charge in [0.15, 0.2) is 0 Å². The molecule has 2 rings (SSSR count). The molecule has 0 aliphatic carbocycles. The second-order valence-electron chi connectivity index (χ2n) is 3.90. The summed E-state index contributed by atoms with van der Waals surface area (Å²) in [5.41, 5.74) is 0.241. The van der Waals surface area contributed by atoms with Crippen LogP contribution in [-0.4, -0.2) is 17.4 Å². The van der Waals surface area contributed by atoms with Gasteiger partial charge < -0.3 is 10.3 Å². The number of carbonyl (C=O) groups excluding carboxylic acids is 1. The lowest BCUT2D eigenvalue weighted by molar-refractivity contribution is 0.0957. The highest BCUT2D eigenvalue weighted by molar-refractivity contribution is 5.93. The van der Waals surface area contributed by atoms with Crippen LogP contribution in [0, 0.1) is 17.7 Å². The van der Waals surface area contributed by atoms with E-state index in [0.717, 1.165) is 0 Å². The zero-order valence-electron chi connectivity index (χ0n) is 10.4. The van der Waals surface area contributed by atoms with Crippen LogP contribution in [0.15, 0.2) is 47.4 Å². The van der Waals surface area contributed by atoms with Gasteiger partial charge in [-0.15, -0.1) is 0 Å². The number of halogens is 1. The second-order valence-corrected chi connectivity index (χ2v) is 3.90. The van der Waals surface area contributed by atoms with Crippen molar-refractivity contribution >= 4 is 5.91 Å². The number of aromatic amines is 1. The number of amides is 1. The van der Waals surface area contributed by atoms with Gasteiger partial charge in [0.2, 0.25) is 0 Å². The second kappa shape index (κ2) is 6.34. The van der Waals surface area contributed by atoms with Gasteiger partial charge in [0.1, 0.15) is 11.4 Å². The third kappa shape index (κ3) is 3.56. The molecule has 5 heteroatoms. The maximum Gasteiger partial charge on any atom is 0.260 e. The van der Waals surface area contributed by atoms with Crippen LogP contribution in [0.3, 0.4) is 0 Å². The van der Waals surface area contributed by atoms with Crippen LogP contribution in [0.25, 0.3) is 0 Å². The van der Waals surface area contributed by atoms with Gasteiger partial charge in [0.25, 0.3) is 11.5 Å². The van der Waals surface area contributed by atoms with E-state index in [9.17, 15) is 14.0 Å². The van der Waals surface area contributed by atoms with Crippen LogP contribution >= 0.6 is 0 Å². The third-order valence-corrected chi connectivity index (χ3v) is 2.48. The van der Waals surface area contributed by atoms with Crippen LogP contribution in [0.4, 0.5) is 4.39 Å². The molecular weight excluding hydrogens is 259 g/mol. The van der Waals surface area contributed by atoms with E-state index in [4.69, 9.17) is 0 Å². The van der Waals surface area contributed by atoms with Gasteiger partial charge in [0.05, 0.1) is 6.54 Å². The Bertz CT molecular complexity index is 724. The van der Waals surface area contributed by atoms with Gasteiger partial charge in [-0.25, -0.2) is 4.39 Å². The quantitative estimate of drug-likeness (QED) is 0.808. The molecule has 1 aromatic heterocycles. The molecule has 0 aliphatic rings. The van der Waals surface area contributed by atoms with E-state index in [1.54, 1.807) is 18.2 Å². The Morgan fingerprint density at radius 1 is 1.25 bits per heavy atom. The molecule has 0 atom stereocenters. The van der Waals surface area contributed by atoms with Crippen molar-refractivity contribution in [3.05, 3.63) is 69.9 Å². The fraction of sp³-hybridized carbons (Fsp3) is 0.0667. The van der Waals surface area contributed by atoms with Crippen LogP contribution in [-0.2, 0) is 0 Å². The Hall–Kier alpha value is -2.87. The molecule has 20 heavy (non-hydrogen) atoms. The molecule has 1 heterocycles. The number of rotatable bonds is 2. The Kier molecular flexibility index (Phi) is 4.30. The minimum absolute atomic E-state index is 0.0380. The SMILES string of the molecule is O=C(NCC#Cc1ccc(F)cc1)c1ccc[nH]c1=O.